The average Bonchev–Trinajstić information content (AvgIpc) is 2.81. The highest BCUT2D eigenvalue weighted by atomic mass is 19.1. The van der Waals surface area contributed by atoms with Gasteiger partial charge in [-0.15, -0.1) is 0 Å². The minimum absolute atomic E-state index is 0.278. The maximum atomic E-state index is 12.8. The molecule has 0 aromatic rings. The zero-order chi connectivity index (χ0) is 28.2. The van der Waals surface area contributed by atoms with Crippen molar-refractivity contribution in [2.24, 2.45) is 11.7 Å². The van der Waals surface area contributed by atoms with E-state index >= 15 is 0 Å². The summed E-state index contributed by atoms with van der Waals surface area (Å²) >= 11 is 0. The topological polar surface area (TPSA) is 242 Å². The number of aliphatic carboxylic acids is 2. The SMILES string of the molecule is CC[C@H](C)[C@H](N)C(=O)N[C@@H](CCC(=O)O)C(=O)N[C@H](C(=O)N[C@@H](CC(=O)O)C(=O)C(=O)CF)[C@@H](C)O. The Labute approximate surface area is 206 Å². The number of rotatable bonds is 17. The van der Waals surface area contributed by atoms with E-state index in [0.29, 0.717) is 6.42 Å². The van der Waals surface area contributed by atoms with Gasteiger partial charge in [0.2, 0.25) is 29.3 Å². The summed E-state index contributed by atoms with van der Waals surface area (Å²) in [6.07, 6.45) is -3.14. The van der Waals surface area contributed by atoms with Gasteiger partial charge in [0.05, 0.1) is 18.6 Å². The molecule has 0 aliphatic rings. The van der Waals surface area contributed by atoms with Gasteiger partial charge in [-0.3, -0.25) is 33.6 Å². The molecule has 3 amide bonds. The van der Waals surface area contributed by atoms with Gasteiger partial charge in [-0.1, -0.05) is 20.3 Å². The molecule has 0 aliphatic carbocycles. The standard InChI is InChI=1S/C21H33FN4O10/c1-4-9(2)16(23)20(35)24-11(5-6-14(29)30)19(34)26-17(10(3)27)21(36)25-12(7-15(31)32)18(33)13(28)8-22/h9-12,16-17,27H,4-8,23H2,1-3H3,(H,24,35)(H,25,36)(H,26,34)(H,29,30)(H,31,32)/t9-,10+,11-,12-,16-,17-/m0/s1. The van der Waals surface area contributed by atoms with Gasteiger partial charge < -0.3 is 37.0 Å². The summed E-state index contributed by atoms with van der Waals surface area (Å²) < 4.78 is 12.6. The van der Waals surface area contributed by atoms with Gasteiger partial charge in [-0.2, -0.15) is 0 Å². The summed E-state index contributed by atoms with van der Waals surface area (Å²) in [5, 5.41) is 34.2. The Kier molecular flexibility index (Phi) is 14.0. The van der Waals surface area contributed by atoms with Crippen LogP contribution in [0.2, 0.25) is 0 Å². The first-order valence-corrected chi connectivity index (χ1v) is 11.1. The highest BCUT2D eigenvalue weighted by Gasteiger charge is 2.35. The van der Waals surface area contributed by atoms with E-state index in [-0.39, 0.29) is 5.92 Å². The molecule has 0 heterocycles. The zero-order valence-corrected chi connectivity index (χ0v) is 20.2. The van der Waals surface area contributed by atoms with E-state index in [9.17, 15) is 43.1 Å². The van der Waals surface area contributed by atoms with Gasteiger partial charge in [-0.05, 0) is 19.3 Å². The number of amides is 3. The van der Waals surface area contributed by atoms with Crippen LogP contribution in [0, 0.1) is 5.92 Å². The first kappa shape index (κ1) is 32.5. The van der Waals surface area contributed by atoms with Crippen LogP contribution < -0.4 is 21.7 Å². The van der Waals surface area contributed by atoms with Crippen LogP contribution >= 0.6 is 0 Å². The quantitative estimate of drug-likeness (QED) is 0.100. The van der Waals surface area contributed by atoms with Crippen molar-refractivity contribution in [2.45, 2.75) is 76.7 Å². The van der Waals surface area contributed by atoms with Crippen LogP contribution in [-0.4, -0.2) is 93.5 Å². The van der Waals surface area contributed by atoms with Crippen LogP contribution in [0.4, 0.5) is 4.39 Å². The molecule has 0 unspecified atom stereocenters. The molecule has 0 radical (unpaired) electrons. The number of aliphatic hydroxyl groups excluding tert-OH is 1. The van der Waals surface area contributed by atoms with Crippen molar-refractivity contribution in [1.82, 2.24) is 16.0 Å². The number of Topliss-reactive ketones (excluding diaryl/α,β-unsaturated/α-hetero) is 2. The van der Waals surface area contributed by atoms with Crippen LogP contribution in [0.1, 0.15) is 46.5 Å². The third-order valence-electron chi connectivity index (χ3n) is 5.31. The van der Waals surface area contributed by atoms with Gasteiger partial charge in [0.1, 0.15) is 18.1 Å². The van der Waals surface area contributed by atoms with E-state index in [1.165, 1.54) is 0 Å². The average molecular weight is 521 g/mol. The van der Waals surface area contributed by atoms with Crippen molar-refractivity contribution in [3.8, 4) is 0 Å². The van der Waals surface area contributed by atoms with Gasteiger partial charge >= 0.3 is 11.9 Å². The summed E-state index contributed by atoms with van der Waals surface area (Å²) in [6.45, 7) is 2.80. The largest absolute Gasteiger partial charge is 0.481 e. The molecule has 0 aromatic heterocycles. The summed E-state index contributed by atoms with van der Waals surface area (Å²) in [6, 6.07) is -6.31. The maximum Gasteiger partial charge on any atom is 0.305 e. The van der Waals surface area contributed by atoms with Crippen molar-refractivity contribution in [2.75, 3.05) is 6.67 Å². The Balaban J connectivity index is 5.73. The van der Waals surface area contributed by atoms with Gasteiger partial charge in [0.25, 0.3) is 0 Å². The van der Waals surface area contributed by atoms with E-state index in [1.54, 1.807) is 13.8 Å². The number of carbonyl (C=O) groups excluding carboxylic acids is 5. The summed E-state index contributed by atoms with van der Waals surface area (Å²) in [5.74, 6) is -9.42. The molecule has 8 N–H and O–H groups in total. The zero-order valence-electron chi connectivity index (χ0n) is 20.2. The summed E-state index contributed by atoms with van der Waals surface area (Å²) in [5.41, 5.74) is 5.83. The lowest BCUT2D eigenvalue weighted by Crippen LogP contribution is -2.60. The third kappa shape index (κ3) is 10.9. The molecule has 14 nitrogen and oxygen atoms in total. The Morgan fingerprint density at radius 1 is 0.861 bits per heavy atom. The van der Waals surface area contributed by atoms with Crippen molar-refractivity contribution in [1.29, 1.82) is 0 Å². The second kappa shape index (κ2) is 15.5. The molecule has 0 rings (SSSR count). The van der Waals surface area contributed by atoms with Crippen LogP contribution in [0.3, 0.4) is 0 Å². The number of carboxylic acid groups (broad SMARTS) is 2. The molecule has 0 fully saturated rings. The van der Waals surface area contributed by atoms with E-state index in [4.69, 9.17) is 15.9 Å². The second-order valence-electron chi connectivity index (χ2n) is 8.21. The lowest BCUT2D eigenvalue weighted by molar-refractivity contribution is -0.144. The highest BCUT2D eigenvalue weighted by Crippen LogP contribution is 2.08. The minimum atomic E-state index is -1.98. The smallest absolute Gasteiger partial charge is 0.305 e. The molecule has 0 aliphatic heterocycles. The molecule has 0 bridgehead atoms. The third-order valence-corrected chi connectivity index (χ3v) is 5.31. The van der Waals surface area contributed by atoms with Gasteiger partial charge in [0.15, 0.2) is 6.67 Å². The van der Waals surface area contributed by atoms with Crippen molar-refractivity contribution in [3.63, 3.8) is 0 Å². The van der Waals surface area contributed by atoms with E-state index in [0.717, 1.165) is 6.92 Å². The summed E-state index contributed by atoms with van der Waals surface area (Å²) in [4.78, 5) is 83.2. The van der Waals surface area contributed by atoms with Gasteiger partial charge in [0, 0.05) is 6.42 Å². The second-order valence-corrected chi connectivity index (χ2v) is 8.21. The number of nitrogens with one attached hydrogen (secondary N) is 3. The van der Waals surface area contributed by atoms with Crippen LogP contribution in [0.25, 0.3) is 0 Å². The number of ketones is 2. The fourth-order valence-corrected chi connectivity index (χ4v) is 2.88. The molecule has 6 atom stereocenters. The van der Waals surface area contributed by atoms with Crippen molar-refractivity contribution < 1.29 is 53.3 Å². The van der Waals surface area contributed by atoms with E-state index in [2.05, 4.69) is 10.6 Å². The molecule has 0 aromatic carbocycles. The molecule has 36 heavy (non-hydrogen) atoms. The van der Waals surface area contributed by atoms with E-state index < -0.39 is 97.4 Å². The maximum absolute atomic E-state index is 12.8. The number of halogens is 1. The Bertz CT molecular complexity index is 851. The lowest BCUT2D eigenvalue weighted by atomic mass is 9.98. The number of alkyl halides is 1. The molecule has 0 saturated carbocycles. The predicted octanol–water partition coefficient (Wildman–Crippen LogP) is -2.36. The molecular weight excluding hydrogens is 487 g/mol. The number of carboxylic acids is 2. The van der Waals surface area contributed by atoms with E-state index in [1.807, 2.05) is 5.32 Å². The lowest BCUT2D eigenvalue weighted by Gasteiger charge is -2.27. The molecule has 204 valence electrons. The number of aliphatic hydroxyl groups is 1. The van der Waals surface area contributed by atoms with Crippen LogP contribution in [0.5, 0.6) is 0 Å². The van der Waals surface area contributed by atoms with Crippen LogP contribution in [0.15, 0.2) is 0 Å². The normalized spacial score (nSPS) is 15.8. The van der Waals surface area contributed by atoms with Crippen molar-refractivity contribution >= 4 is 41.2 Å². The Morgan fingerprint density at radius 3 is 1.86 bits per heavy atom. The first-order chi connectivity index (χ1) is 16.7. The van der Waals surface area contributed by atoms with Crippen molar-refractivity contribution in [3.05, 3.63) is 0 Å². The molecule has 15 heteroatoms. The molecule has 0 spiro atoms. The fourth-order valence-electron chi connectivity index (χ4n) is 2.88. The number of nitrogens with two attached hydrogens (primary N) is 1. The molecular formula is C21H33FN4O10. The summed E-state index contributed by atoms with van der Waals surface area (Å²) in [7, 11) is 0. The first-order valence-electron chi connectivity index (χ1n) is 11.1. The number of carbonyl (C=O) groups is 7. The number of hydrogen-bond acceptors (Lipinski definition) is 9. The highest BCUT2D eigenvalue weighted by molar-refractivity contribution is 6.40. The fraction of sp³-hybridized carbons (Fsp3) is 0.667. The van der Waals surface area contributed by atoms with Gasteiger partial charge in [-0.25, -0.2) is 4.39 Å². The number of hydrogen-bond donors (Lipinski definition) is 7. The van der Waals surface area contributed by atoms with Crippen LogP contribution in [-0.2, 0) is 33.6 Å². The Morgan fingerprint density at radius 2 is 1.42 bits per heavy atom. The Hall–Kier alpha value is -3.46. The predicted molar refractivity (Wildman–Crippen MR) is 120 cm³/mol. The monoisotopic (exact) mass is 520 g/mol. The molecule has 0 saturated heterocycles. The minimum Gasteiger partial charge on any atom is -0.481 e.